The number of hydrogen-bond acceptors (Lipinski definition) is 6. The van der Waals surface area contributed by atoms with Crippen LogP contribution >= 0.6 is 0 Å². The van der Waals surface area contributed by atoms with Gasteiger partial charge in [0.2, 0.25) is 0 Å². The number of aromatic nitrogens is 1. The molecule has 0 aliphatic carbocycles. The summed E-state index contributed by atoms with van der Waals surface area (Å²) in [4.78, 5) is 26.7. The Morgan fingerprint density at radius 3 is 2.67 bits per heavy atom. The van der Waals surface area contributed by atoms with Crippen molar-refractivity contribution in [3.05, 3.63) is 76.5 Å². The van der Waals surface area contributed by atoms with E-state index in [1.165, 1.54) is 24.3 Å². The zero-order valence-electron chi connectivity index (χ0n) is 14.2. The molecule has 1 amide bonds. The molecule has 0 saturated heterocycles. The predicted octanol–water partition coefficient (Wildman–Crippen LogP) is 2.31. The summed E-state index contributed by atoms with van der Waals surface area (Å²) in [5.41, 5.74) is 0.976. The number of aliphatic hydroxyl groups excluding tert-OH is 1. The first kappa shape index (κ1) is 18.3. The number of non-ortho nitro benzene ring substituents is 1. The lowest BCUT2D eigenvalue weighted by Gasteiger charge is -2.13. The summed E-state index contributed by atoms with van der Waals surface area (Å²) in [6.07, 6.45) is 0.679. The molecule has 0 radical (unpaired) electrons. The second-order valence-electron chi connectivity index (χ2n) is 5.81. The number of benzene rings is 2. The number of amides is 1. The van der Waals surface area contributed by atoms with Crippen molar-refractivity contribution in [2.24, 2.45) is 0 Å². The number of pyridine rings is 1. The lowest BCUT2D eigenvalue weighted by molar-refractivity contribution is -0.384. The van der Waals surface area contributed by atoms with Crippen molar-refractivity contribution in [2.45, 2.75) is 6.10 Å². The Balaban J connectivity index is 1.53. The minimum Gasteiger partial charge on any atom is -0.491 e. The molecule has 0 spiro atoms. The largest absolute Gasteiger partial charge is 0.491 e. The van der Waals surface area contributed by atoms with Gasteiger partial charge >= 0.3 is 0 Å². The van der Waals surface area contributed by atoms with E-state index in [0.717, 1.165) is 5.39 Å². The summed E-state index contributed by atoms with van der Waals surface area (Å²) in [5, 5.41) is 24.1. The second kappa shape index (κ2) is 8.24. The Bertz CT molecular complexity index is 954. The van der Waals surface area contributed by atoms with E-state index in [2.05, 4.69) is 10.3 Å². The molecule has 0 fully saturated rings. The molecule has 2 N–H and O–H groups in total. The number of nitro benzene ring substituents is 1. The van der Waals surface area contributed by atoms with Crippen LogP contribution in [0, 0.1) is 10.1 Å². The number of carbonyl (C=O) groups is 1. The molecular formula is C19H17N3O5. The van der Waals surface area contributed by atoms with Gasteiger partial charge in [-0.3, -0.25) is 19.9 Å². The zero-order chi connectivity index (χ0) is 19.2. The van der Waals surface area contributed by atoms with Crippen LogP contribution in [0.1, 0.15) is 10.4 Å². The lowest BCUT2D eigenvalue weighted by atomic mass is 10.1. The average Bonchev–Trinajstić information content (AvgIpc) is 2.70. The van der Waals surface area contributed by atoms with Crippen LogP contribution < -0.4 is 10.1 Å². The third kappa shape index (κ3) is 4.56. The van der Waals surface area contributed by atoms with E-state index in [9.17, 15) is 20.0 Å². The smallest absolute Gasteiger partial charge is 0.269 e. The summed E-state index contributed by atoms with van der Waals surface area (Å²) in [6, 6.07) is 14.5. The topological polar surface area (TPSA) is 115 Å². The summed E-state index contributed by atoms with van der Waals surface area (Å²) >= 11 is 0. The van der Waals surface area contributed by atoms with Crippen molar-refractivity contribution in [3.63, 3.8) is 0 Å². The average molecular weight is 367 g/mol. The second-order valence-corrected chi connectivity index (χ2v) is 5.81. The number of fused-ring (bicyclic) bond motifs is 1. The Morgan fingerprint density at radius 1 is 1.19 bits per heavy atom. The normalized spacial score (nSPS) is 11.7. The SMILES string of the molecule is O=C(NC[C@@H](O)COc1ccc([N+](=O)[O-])cc1)c1cccc2cccnc12. The van der Waals surface area contributed by atoms with E-state index in [1.807, 2.05) is 12.1 Å². The molecule has 3 aromatic rings. The van der Waals surface area contributed by atoms with Crippen LogP contribution in [-0.4, -0.2) is 40.2 Å². The van der Waals surface area contributed by atoms with Crippen LogP contribution in [0.5, 0.6) is 5.75 Å². The Morgan fingerprint density at radius 2 is 1.93 bits per heavy atom. The van der Waals surface area contributed by atoms with E-state index in [0.29, 0.717) is 16.8 Å². The van der Waals surface area contributed by atoms with Gasteiger partial charge in [-0.05, 0) is 24.3 Å². The fourth-order valence-electron chi connectivity index (χ4n) is 2.51. The molecule has 0 aliphatic rings. The minimum atomic E-state index is -0.938. The number of nitrogens with one attached hydrogen (secondary N) is 1. The molecule has 8 nitrogen and oxygen atoms in total. The van der Waals surface area contributed by atoms with Gasteiger partial charge in [-0.2, -0.15) is 0 Å². The Hall–Kier alpha value is -3.52. The van der Waals surface area contributed by atoms with E-state index < -0.39 is 11.0 Å². The van der Waals surface area contributed by atoms with Crippen LogP contribution in [0.25, 0.3) is 10.9 Å². The number of rotatable bonds is 7. The number of nitrogens with zero attached hydrogens (tertiary/aromatic N) is 2. The van der Waals surface area contributed by atoms with Gasteiger partial charge in [-0.25, -0.2) is 0 Å². The highest BCUT2D eigenvalue weighted by Gasteiger charge is 2.13. The monoisotopic (exact) mass is 367 g/mol. The highest BCUT2D eigenvalue weighted by atomic mass is 16.6. The summed E-state index contributed by atoms with van der Waals surface area (Å²) < 4.78 is 5.37. The minimum absolute atomic E-state index is 0.00492. The van der Waals surface area contributed by atoms with E-state index in [4.69, 9.17) is 4.74 Å². The van der Waals surface area contributed by atoms with Gasteiger partial charge in [-0.15, -0.1) is 0 Å². The quantitative estimate of drug-likeness (QED) is 0.489. The first-order valence-corrected chi connectivity index (χ1v) is 8.22. The van der Waals surface area contributed by atoms with Crippen molar-refractivity contribution in [3.8, 4) is 5.75 Å². The number of hydrogen-bond donors (Lipinski definition) is 2. The van der Waals surface area contributed by atoms with Crippen molar-refractivity contribution in [1.29, 1.82) is 0 Å². The van der Waals surface area contributed by atoms with Gasteiger partial charge in [0.1, 0.15) is 18.5 Å². The van der Waals surface area contributed by atoms with Crippen molar-refractivity contribution in [1.82, 2.24) is 10.3 Å². The van der Waals surface area contributed by atoms with Gasteiger partial charge in [0.05, 0.1) is 16.0 Å². The molecule has 2 aromatic carbocycles. The van der Waals surface area contributed by atoms with Gasteiger partial charge in [-0.1, -0.05) is 18.2 Å². The lowest BCUT2D eigenvalue weighted by Crippen LogP contribution is -2.35. The van der Waals surface area contributed by atoms with Crippen molar-refractivity contribution >= 4 is 22.5 Å². The van der Waals surface area contributed by atoms with E-state index >= 15 is 0 Å². The number of carbonyl (C=O) groups excluding carboxylic acids is 1. The summed E-state index contributed by atoms with van der Waals surface area (Å²) in [7, 11) is 0. The summed E-state index contributed by atoms with van der Waals surface area (Å²) in [6.45, 7) is -0.0685. The first-order valence-electron chi connectivity index (χ1n) is 8.22. The molecule has 0 aliphatic heterocycles. The highest BCUT2D eigenvalue weighted by molar-refractivity contribution is 6.05. The molecule has 0 unspecified atom stereocenters. The molecule has 1 aromatic heterocycles. The van der Waals surface area contributed by atoms with Crippen LogP contribution in [0.3, 0.4) is 0 Å². The molecule has 0 bridgehead atoms. The molecule has 3 rings (SSSR count). The van der Waals surface area contributed by atoms with Gasteiger partial charge < -0.3 is 15.2 Å². The third-order valence-electron chi connectivity index (χ3n) is 3.87. The molecule has 27 heavy (non-hydrogen) atoms. The maximum atomic E-state index is 12.4. The number of ether oxygens (including phenoxy) is 1. The van der Waals surface area contributed by atoms with E-state index in [1.54, 1.807) is 24.4 Å². The fraction of sp³-hybridized carbons (Fsp3) is 0.158. The maximum absolute atomic E-state index is 12.4. The third-order valence-corrected chi connectivity index (χ3v) is 3.87. The predicted molar refractivity (Wildman–Crippen MR) is 98.7 cm³/mol. The molecule has 138 valence electrons. The Kier molecular flexibility index (Phi) is 5.58. The summed E-state index contributed by atoms with van der Waals surface area (Å²) in [5.74, 6) is 0.0536. The van der Waals surface area contributed by atoms with Crippen LogP contribution in [-0.2, 0) is 0 Å². The zero-order valence-corrected chi connectivity index (χ0v) is 14.2. The van der Waals surface area contributed by atoms with Crippen LogP contribution in [0.15, 0.2) is 60.8 Å². The fourth-order valence-corrected chi connectivity index (χ4v) is 2.51. The highest BCUT2D eigenvalue weighted by Crippen LogP contribution is 2.18. The molecule has 1 atom stereocenters. The van der Waals surface area contributed by atoms with E-state index in [-0.39, 0.29) is 24.7 Å². The Labute approximate surface area is 154 Å². The molecule has 8 heteroatoms. The number of nitro groups is 1. The van der Waals surface area contributed by atoms with Gasteiger partial charge in [0.15, 0.2) is 0 Å². The van der Waals surface area contributed by atoms with Gasteiger partial charge in [0, 0.05) is 30.3 Å². The number of para-hydroxylation sites is 1. The van der Waals surface area contributed by atoms with Gasteiger partial charge in [0.25, 0.3) is 11.6 Å². The molecular weight excluding hydrogens is 350 g/mol. The van der Waals surface area contributed by atoms with Crippen molar-refractivity contribution in [2.75, 3.05) is 13.2 Å². The van der Waals surface area contributed by atoms with Crippen LogP contribution in [0.4, 0.5) is 5.69 Å². The van der Waals surface area contributed by atoms with Crippen LogP contribution in [0.2, 0.25) is 0 Å². The number of aliphatic hydroxyl groups is 1. The molecule has 1 heterocycles. The standard InChI is InChI=1S/C19H17N3O5/c23-15(12-27-16-8-6-14(7-9-16)22(25)26)11-21-19(24)17-5-1-3-13-4-2-10-20-18(13)17/h1-10,15,23H,11-12H2,(H,21,24)/t15-/m1/s1. The first-order chi connectivity index (χ1) is 13.0. The maximum Gasteiger partial charge on any atom is 0.269 e. The van der Waals surface area contributed by atoms with Crippen molar-refractivity contribution < 1.29 is 19.6 Å². The molecule has 0 saturated carbocycles.